The van der Waals surface area contributed by atoms with Crippen LogP contribution < -0.4 is 11.1 Å². The van der Waals surface area contributed by atoms with Crippen LogP contribution in [0.5, 0.6) is 0 Å². The molecule has 4 atom stereocenters. The van der Waals surface area contributed by atoms with E-state index in [1.807, 2.05) is 26.0 Å². The van der Waals surface area contributed by atoms with E-state index in [1.165, 1.54) is 0 Å². The fourth-order valence-electron chi connectivity index (χ4n) is 5.02. The molecule has 9 heteroatoms. The van der Waals surface area contributed by atoms with Gasteiger partial charge in [0.2, 0.25) is 0 Å². The number of nitrogens with one attached hydrogen (secondary N) is 1. The second kappa shape index (κ2) is 11.5. The summed E-state index contributed by atoms with van der Waals surface area (Å²) in [6, 6.07) is -0.523. The molecule has 7 nitrogen and oxygen atoms in total. The van der Waals surface area contributed by atoms with Crippen LogP contribution in [0.25, 0.3) is 0 Å². The third-order valence-corrected chi connectivity index (χ3v) is 7.18. The number of halogens is 2. The molecule has 0 fully saturated rings. The van der Waals surface area contributed by atoms with Gasteiger partial charge in [-0.3, -0.25) is 9.79 Å². The van der Waals surface area contributed by atoms with E-state index in [0.717, 1.165) is 22.5 Å². The number of alkyl halides is 2. The molecule has 3 rings (SSSR count). The zero-order valence-corrected chi connectivity index (χ0v) is 20.7. The highest BCUT2D eigenvalue weighted by atomic mass is 19.3. The van der Waals surface area contributed by atoms with Crippen LogP contribution in [0.2, 0.25) is 0 Å². The van der Waals surface area contributed by atoms with Gasteiger partial charge in [-0.05, 0) is 69.1 Å². The minimum Gasteiger partial charge on any atom is -0.500 e. The van der Waals surface area contributed by atoms with E-state index >= 15 is 0 Å². The van der Waals surface area contributed by atoms with E-state index < -0.39 is 18.5 Å². The van der Waals surface area contributed by atoms with Crippen molar-refractivity contribution in [2.45, 2.75) is 70.4 Å². The molecule has 0 saturated carbocycles. The van der Waals surface area contributed by atoms with Crippen molar-refractivity contribution in [1.29, 1.82) is 0 Å². The first-order valence-corrected chi connectivity index (χ1v) is 12.3. The lowest BCUT2D eigenvalue weighted by molar-refractivity contribution is -0.141. The molecule has 5 N–H and O–H groups in total. The molecule has 194 valence electrons. The molecule has 0 aliphatic heterocycles. The second-order valence-corrected chi connectivity index (χ2v) is 9.50. The van der Waals surface area contributed by atoms with Gasteiger partial charge < -0.3 is 26.0 Å². The first-order chi connectivity index (χ1) is 16.6. The molecule has 0 aromatic rings. The molecule has 0 aromatic heterocycles. The number of allylic oxidation sites excluding steroid dienone is 4. The SMILES string of the molecule is CC/N=C(/NC(C)C1C=C(C(F)(F)CO)CC1)C1=CC(C2=CCC(C(=O)O)CC2)=C(OC)CC1N. The smallest absolute Gasteiger partial charge is 0.306 e. The molecular formula is C26H37F2N3O4. The Morgan fingerprint density at radius 1 is 1.37 bits per heavy atom. The topological polar surface area (TPSA) is 117 Å². The fourth-order valence-corrected chi connectivity index (χ4v) is 5.02. The van der Waals surface area contributed by atoms with Crippen LogP contribution in [0.3, 0.4) is 0 Å². The van der Waals surface area contributed by atoms with E-state index in [4.69, 9.17) is 15.6 Å². The van der Waals surface area contributed by atoms with E-state index in [2.05, 4.69) is 10.3 Å². The monoisotopic (exact) mass is 493 g/mol. The van der Waals surface area contributed by atoms with Crippen molar-refractivity contribution in [3.63, 3.8) is 0 Å². The predicted octanol–water partition coefficient (Wildman–Crippen LogP) is 3.72. The summed E-state index contributed by atoms with van der Waals surface area (Å²) >= 11 is 0. The Morgan fingerprint density at radius 3 is 2.69 bits per heavy atom. The molecule has 3 aliphatic carbocycles. The lowest BCUT2D eigenvalue weighted by atomic mass is 9.82. The molecule has 0 aromatic carbocycles. The summed E-state index contributed by atoms with van der Waals surface area (Å²) in [4.78, 5) is 16.0. The van der Waals surface area contributed by atoms with Gasteiger partial charge in [0.25, 0.3) is 5.92 Å². The van der Waals surface area contributed by atoms with Crippen LogP contribution in [-0.4, -0.2) is 60.3 Å². The minimum atomic E-state index is -3.19. The van der Waals surface area contributed by atoms with Crippen molar-refractivity contribution < 1.29 is 28.5 Å². The number of aliphatic carboxylic acids is 1. The standard InChI is InChI=1S/C26H37F2N3O4/c1-4-30-24(31-15(2)18-9-10-19(11-18)26(27,28)14-32)21-12-20(23(35-3)13-22(21)29)16-5-7-17(8-6-16)25(33)34/h5,11-12,15,17-18,22,32H,4,6-10,13-14,29H2,1-3H3,(H,30,31)(H,33,34). The number of ether oxygens (including phenoxy) is 1. The first kappa shape index (κ1) is 27.1. The Bertz CT molecular complexity index is 968. The van der Waals surface area contributed by atoms with Crippen LogP contribution in [0.1, 0.15) is 52.4 Å². The lowest BCUT2D eigenvalue weighted by Crippen LogP contribution is -2.43. The number of nitrogens with two attached hydrogens (primary N) is 1. The number of carbonyl (C=O) groups is 1. The maximum Gasteiger partial charge on any atom is 0.306 e. The van der Waals surface area contributed by atoms with Crippen LogP contribution in [-0.2, 0) is 9.53 Å². The summed E-state index contributed by atoms with van der Waals surface area (Å²) in [5.41, 5.74) is 9.28. The number of aliphatic hydroxyl groups is 1. The second-order valence-electron chi connectivity index (χ2n) is 9.50. The van der Waals surface area contributed by atoms with E-state index in [-0.39, 0.29) is 35.9 Å². The zero-order chi connectivity index (χ0) is 25.8. The summed E-state index contributed by atoms with van der Waals surface area (Å²) in [5.74, 6) is -3.06. The highest BCUT2D eigenvalue weighted by Gasteiger charge is 2.38. The third-order valence-electron chi connectivity index (χ3n) is 7.18. The van der Waals surface area contributed by atoms with Gasteiger partial charge in [-0.15, -0.1) is 0 Å². The highest BCUT2D eigenvalue weighted by molar-refractivity contribution is 6.00. The number of hydrogen-bond donors (Lipinski definition) is 4. The van der Waals surface area contributed by atoms with Crippen molar-refractivity contribution in [2.24, 2.45) is 22.6 Å². The molecular weight excluding hydrogens is 456 g/mol. The predicted molar refractivity (Wildman–Crippen MR) is 131 cm³/mol. The number of carboxylic acid groups (broad SMARTS) is 1. The summed E-state index contributed by atoms with van der Waals surface area (Å²) in [5, 5.41) is 21.7. The van der Waals surface area contributed by atoms with Gasteiger partial charge in [0, 0.05) is 36.2 Å². The molecule has 4 unspecified atom stereocenters. The zero-order valence-electron chi connectivity index (χ0n) is 20.7. The number of aliphatic hydroxyl groups excluding tert-OH is 1. The van der Waals surface area contributed by atoms with Gasteiger partial charge in [0.05, 0.1) is 13.0 Å². The van der Waals surface area contributed by atoms with Gasteiger partial charge in [-0.25, -0.2) is 0 Å². The first-order valence-electron chi connectivity index (χ1n) is 12.3. The Labute approximate surface area is 205 Å². The van der Waals surface area contributed by atoms with Crippen molar-refractivity contribution in [1.82, 2.24) is 5.32 Å². The van der Waals surface area contributed by atoms with Crippen molar-refractivity contribution in [3.8, 4) is 0 Å². The summed E-state index contributed by atoms with van der Waals surface area (Å²) in [7, 11) is 1.61. The van der Waals surface area contributed by atoms with Crippen LogP contribution in [0.15, 0.2) is 51.3 Å². The van der Waals surface area contributed by atoms with Crippen LogP contribution >= 0.6 is 0 Å². The number of amidine groups is 1. The van der Waals surface area contributed by atoms with Gasteiger partial charge in [0.15, 0.2) is 0 Å². The maximum absolute atomic E-state index is 13.9. The van der Waals surface area contributed by atoms with E-state index in [1.54, 1.807) is 13.2 Å². The highest BCUT2D eigenvalue weighted by Crippen LogP contribution is 2.38. The van der Waals surface area contributed by atoms with Gasteiger partial charge in [0.1, 0.15) is 18.2 Å². The summed E-state index contributed by atoms with van der Waals surface area (Å²) in [6.45, 7) is 3.20. The lowest BCUT2D eigenvalue weighted by Gasteiger charge is -2.30. The number of aliphatic imine (C=N–C) groups is 1. The Morgan fingerprint density at radius 2 is 2.11 bits per heavy atom. The normalized spacial score (nSPS) is 26.7. The van der Waals surface area contributed by atoms with E-state index in [0.29, 0.717) is 44.5 Å². The minimum absolute atomic E-state index is 0.0138. The molecule has 0 amide bonds. The fraction of sp³-hybridized carbons (Fsp3) is 0.615. The number of rotatable bonds is 9. The Kier molecular flexibility index (Phi) is 8.88. The Hall–Kier alpha value is -2.52. The van der Waals surface area contributed by atoms with Crippen LogP contribution in [0, 0.1) is 11.8 Å². The van der Waals surface area contributed by atoms with Crippen molar-refractivity contribution in [3.05, 3.63) is 46.3 Å². The Balaban J connectivity index is 1.85. The molecule has 3 aliphatic rings. The number of carboxylic acids is 1. The van der Waals surface area contributed by atoms with Gasteiger partial charge >= 0.3 is 5.97 Å². The molecule has 0 spiro atoms. The molecule has 0 saturated heterocycles. The molecule has 0 heterocycles. The maximum atomic E-state index is 13.9. The molecule has 35 heavy (non-hydrogen) atoms. The number of nitrogens with zero attached hydrogens (tertiary/aromatic N) is 1. The quantitative estimate of drug-likeness (QED) is 0.221. The largest absolute Gasteiger partial charge is 0.500 e. The molecule has 0 bridgehead atoms. The van der Waals surface area contributed by atoms with Gasteiger partial charge in [-0.2, -0.15) is 8.78 Å². The average Bonchev–Trinajstić information content (AvgIpc) is 3.35. The van der Waals surface area contributed by atoms with Crippen molar-refractivity contribution >= 4 is 11.8 Å². The molecule has 0 radical (unpaired) electrons. The van der Waals surface area contributed by atoms with Gasteiger partial charge in [-0.1, -0.05) is 12.2 Å². The number of methoxy groups -OCH3 is 1. The third kappa shape index (κ3) is 6.19. The van der Waals surface area contributed by atoms with Crippen molar-refractivity contribution in [2.75, 3.05) is 20.3 Å². The average molecular weight is 494 g/mol. The van der Waals surface area contributed by atoms with E-state index in [9.17, 15) is 18.7 Å². The number of hydrogen-bond acceptors (Lipinski definition) is 5. The summed E-state index contributed by atoms with van der Waals surface area (Å²) < 4.78 is 33.5. The summed E-state index contributed by atoms with van der Waals surface area (Å²) in [6.07, 6.45) is 8.50. The van der Waals surface area contributed by atoms with Crippen LogP contribution in [0.4, 0.5) is 8.78 Å².